The van der Waals surface area contributed by atoms with Gasteiger partial charge in [0.05, 0.1) is 13.2 Å². The van der Waals surface area contributed by atoms with Crippen molar-refractivity contribution in [1.29, 1.82) is 0 Å². The number of nitrogens with zero attached hydrogens (tertiary/aromatic N) is 1. The Morgan fingerprint density at radius 3 is 2.50 bits per heavy atom. The van der Waals surface area contributed by atoms with E-state index >= 15 is 0 Å². The molecule has 1 aliphatic rings. The van der Waals surface area contributed by atoms with Gasteiger partial charge in [-0.1, -0.05) is 20.8 Å². The van der Waals surface area contributed by atoms with Crippen LogP contribution in [-0.2, 0) is 9.53 Å². The summed E-state index contributed by atoms with van der Waals surface area (Å²) in [5, 5.41) is 6.56. The van der Waals surface area contributed by atoms with Gasteiger partial charge in [-0.25, -0.2) is 0 Å². The summed E-state index contributed by atoms with van der Waals surface area (Å²) in [6.07, 6.45) is 3.66. The zero-order valence-electron chi connectivity index (χ0n) is 14.9. The lowest BCUT2D eigenvalue weighted by Crippen LogP contribution is -2.46. The molecule has 0 saturated carbocycles. The van der Waals surface area contributed by atoms with Crippen molar-refractivity contribution in [2.24, 2.45) is 5.92 Å². The second-order valence-electron chi connectivity index (χ2n) is 6.65. The van der Waals surface area contributed by atoms with Crippen LogP contribution in [0, 0.1) is 5.92 Å². The van der Waals surface area contributed by atoms with Gasteiger partial charge in [-0.05, 0) is 39.3 Å². The summed E-state index contributed by atoms with van der Waals surface area (Å²) in [6, 6.07) is 1.30. The zero-order valence-corrected chi connectivity index (χ0v) is 14.9. The van der Waals surface area contributed by atoms with Crippen LogP contribution in [0.1, 0.15) is 47.0 Å². The first-order valence-electron chi connectivity index (χ1n) is 8.86. The molecule has 1 rings (SSSR count). The maximum atomic E-state index is 11.4. The molecule has 1 fully saturated rings. The van der Waals surface area contributed by atoms with Gasteiger partial charge in [-0.15, -0.1) is 0 Å². The van der Waals surface area contributed by atoms with Gasteiger partial charge in [-0.3, -0.25) is 4.79 Å². The van der Waals surface area contributed by atoms with Gasteiger partial charge in [0.1, 0.15) is 0 Å². The van der Waals surface area contributed by atoms with Gasteiger partial charge in [0, 0.05) is 31.1 Å². The summed E-state index contributed by atoms with van der Waals surface area (Å²) >= 11 is 0. The third-order valence-electron chi connectivity index (χ3n) is 4.34. The second-order valence-corrected chi connectivity index (χ2v) is 6.65. The summed E-state index contributed by atoms with van der Waals surface area (Å²) in [7, 11) is 0. The van der Waals surface area contributed by atoms with Crippen LogP contribution in [0.5, 0.6) is 0 Å². The number of carbonyl (C=O) groups excluding carboxylic acids is 1. The average Bonchev–Trinajstić information content (AvgIpc) is 2.51. The van der Waals surface area contributed by atoms with Crippen molar-refractivity contribution in [2.75, 3.05) is 39.4 Å². The highest BCUT2D eigenvalue weighted by Crippen LogP contribution is 2.11. The SMILES string of the molecule is CCC(C)NC1CCN(CCOCCNC(=O)C(C)C)CC1. The fourth-order valence-electron chi connectivity index (χ4n) is 2.59. The van der Waals surface area contributed by atoms with Crippen LogP contribution >= 0.6 is 0 Å². The second kappa shape index (κ2) is 11.0. The van der Waals surface area contributed by atoms with E-state index in [9.17, 15) is 4.79 Å². The van der Waals surface area contributed by atoms with Crippen LogP contribution in [0.2, 0.25) is 0 Å². The fourth-order valence-corrected chi connectivity index (χ4v) is 2.59. The highest BCUT2D eigenvalue weighted by molar-refractivity contribution is 5.77. The minimum Gasteiger partial charge on any atom is -0.378 e. The highest BCUT2D eigenvalue weighted by Gasteiger charge is 2.19. The maximum Gasteiger partial charge on any atom is 0.222 e. The molecule has 1 heterocycles. The van der Waals surface area contributed by atoms with Gasteiger partial charge in [0.2, 0.25) is 5.91 Å². The van der Waals surface area contributed by atoms with Crippen LogP contribution in [0.3, 0.4) is 0 Å². The van der Waals surface area contributed by atoms with E-state index in [1.54, 1.807) is 0 Å². The molecule has 0 aromatic rings. The molecule has 1 atom stereocenters. The van der Waals surface area contributed by atoms with E-state index in [4.69, 9.17) is 4.74 Å². The van der Waals surface area contributed by atoms with Gasteiger partial charge in [-0.2, -0.15) is 0 Å². The summed E-state index contributed by atoms with van der Waals surface area (Å²) < 4.78 is 5.60. The molecule has 2 N–H and O–H groups in total. The molecule has 0 aromatic carbocycles. The third-order valence-corrected chi connectivity index (χ3v) is 4.34. The van der Waals surface area contributed by atoms with Crippen molar-refractivity contribution in [3.8, 4) is 0 Å². The number of hydrogen-bond donors (Lipinski definition) is 2. The van der Waals surface area contributed by atoms with Crippen LogP contribution in [0.4, 0.5) is 0 Å². The molecule has 1 aliphatic heterocycles. The van der Waals surface area contributed by atoms with E-state index in [2.05, 4.69) is 29.4 Å². The van der Waals surface area contributed by atoms with Crippen LogP contribution < -0.4 is 10.6 Å². The molecule has 0 aliphatic carbocycles. The molecule has 0 bridgehead atoms. The topological polar surface area (TPSA) is 53.6 Å². The highest BCUT2D eigenvalue weighted by atomic mass is 16.5. The summed E-state index contributed by atoms with van der Waals surface area (Å²) in [4.78, 5) is 13.8. The Hall–Kier alpha value is -0.650. The Balaban J connectivity index is 1.98. The Labute approximate surface area is 136 Å². The fraction of sp³-hybridized carbons (Fsp3) is 0.941. The quantitative estimate of drug-likeness (QED) is 0.602. The van der Waals surface area contributed by atoms with Crippen LogP contribution in [0.15, 0.2) is 0 Å². The number of rotatable bonds is 10. The van der Waals surface area contributed by atoms with Crippen molar-refractivity contribution in [1.82, 2.24) is 15.5 Å². The predicted octanol–water partition coefficient (Wildman–Crippen LogP) is 1.63. The van der Waals surface area contributed by atoms with E-state index in [1.165, 1.54) is 19.3 Å². The smallest absolute Gasteiger partial charge is 0.222 e. The molecule has 5 heteroatoms. The third kappa shape index (κ3) is 8.11. The van der Waals surface area contributed by atoms with Gasteiger partial charge in [0.15, 0.2) is 0 Å². The molecule has 1 unspecified atom stereocenters. The molecule has 130 valence electrons. The Morgan fingerprint density at radius 2 is 1.91 bits per heavy atom. The maximum absolute atomic E-state index is 11.4. The number of amides is 1. The zero-order chi connectivity index (χ0) is 16.4. The van der Waals surface area contributed by atoms with E-state index in [0.29, 0.717) is 25.2 Å². The normalized spacial score (nSPS) is 18.6. The van der Waals surface area contributed by atoms with E-state index in [1.807, 2.05) is 13.8 Å². The number of likely N-dealkylation sites (tertiary alicyclic amines) is 1. The summed E-state index contributed by atoms with van der Waals surface area (Å²) in [5.74, 6) is 0.143. The Bertz CT molecular complexity index is 302. The van der Waals surface area contributed by atoms with Crippen molar-refractivity contribution >= 4 is 5.91 Å². The number of piperidine rings is 1. The minimum absolute atomic E-state index is 0.0466. The Kier molecular flexibility index (Phi) is 9.68. The molecule has 22 heavy (non-hydrogen) atoms. The standard InChI is InChI=1S/C17H35N3O2/c1-5-15(4)19-16-6-9-20(10-7-16)11-13-22-12-8-18-17(21)14(2)3/h14-16,19H,5-13H2,1-4H3,(H,18,21). The average molecular weight is 313 g/mol. The first-order valence-corrected chi connectivity index (χ1v) is 8.86. The monoisotopic (exact) mass is 313 g/mol. The van der Waals surface area contributed by atoms with Crippen LogP contribution in [-0.4, -0.2) is 62.3 Å². The minimum atomic E-state index is 0.0466. The van der Waals surface area contributed by atoms with E-state index in [-0.39, 0.29) is 11.8 Å². The molecule has 5 nitrogen and oxygen atoms in total. The number of hydrogen-bond acceptors (Lipinski definition) is 4. The first kappa shape index (κ1) is 19.4. The molecule has 1 saturated heterocycles. The molecule has 1 amide bonds. The van der Waals surface area contributed by atoms with E-state index in [0.717, 1.165) is 26.2 Å². The van der Waals surface area contributed by atoms with Gasteiger partial charge >= 0.3 is 0 Å². The van der Waals surface area contributed by atoms with Crippen molar-refractivity contribution in [3.63, 3.8) is 0 Å². The Morgan fingerprint density at radius 1 is 1.23 bits per heavy atom. The first-order chi connectivity index (χ1) is 10.5. The lowest BCUT2D eigenvalue weighted by Gasteiger charge is -2.33. The summed E-state index contributed by atoms with van der Waals surface area (Å²) in [6.45, 7) is 13.6. The molecule has 0 spiro atoms. The van der Waals surface area contributed by atoms with Crippen molar-refractivity contribution in [3.05, 3.63) is 0 Å². The predicted molar refractivity (Wildman–Crippen MR) is 91.0 cm³/mol. The van der Waals surface area contributed by atoms with Crippen molar-refractivity contribution in [2.45, 2.75) is 59.0 Å². The molecule has 0 aromatic heterocycles. The van der Waals surface area contributed by atoms with Gasteiger partial charge in [0.25, 0.3) is 0 Å². The van der Waals surface area contributed by atoms with E-state index < -0.39 is 0 Å². The number of nitrogens with one attached hydrogen (secondary N) is 2. The number of carbonyl (C=O) groups is 1. The molecule has 0 radical (unpaired) electrons. The largest absolute Gasteiger partial charge is 0.378 e. The van der Waals surface area contributed by atoms with Gasteiger partial charge < -0.3 is 20.3 Å². The van der Waals surface area contributed by atoms with Crippen molar-refractivity contribution < 1.29 is 9.53 Å². The lowest BCUT2D eigenvalue weighted by atomic mass is 10.0. The number of ether oxygens (including phenoxy) is 1. The van der Waals surface area contributed by atoms with Crippen LogP contribution in [0.25, 0.3) is 0 Å². The molecular weight excluding hydrogens is 278 g/mol. The lowest BCUT2D eigenvalue weighted by molar-refractivity contribution is -0.124. The molecular formula is C17H35N3O2. The summed E-state index contributed by atoms with van der Waals surface area (Å²) in [5.41, 5.74) is 0.